The number of hydrogen-bond acceptors (Lipinski definition) is 6. The van der Waals surface area contributed by atoms with Gasteiger partial charge in [0.25, 0.3) is 0 Å². The maximum absolute atomic E-state index is 13.0. The third kappa shape index (κ3) is 3.62. The zero-order valence-electron chi connectivity index (χ0n) is 20.0. The molecule has 0 spiro atoms. The molecule has 2 aliphatic carbocycles. The molecule has 1 aromatic carbocycles. The number of aromatic nitrogens is 4. The number of ether oxygens (including phenoxy) is 1. The van der Waals surface area contributed by atoms with Crippen molar-refractivity contribution in [2.45, 2.75) is 39.2 Å². The van der Waals surface area contributed by atoms with Gasteiger partial charge in [-0.1, -0.05) is 6.92 Å². The van der Waals surface area contributed by atoms with E-state index >= 15 is 0 Å². The Labute approximate surface area is 198 Å². The minimum absolute atomic E-state index is 0.00523. The largest absolute Gasteiger partial charge is 0.394 e. The molecule has 3 aromatic rings. The van der Waals surface area contributed by atoms with Crippen molar-refractivity contribution in [1.82, 2.24) is 25.1 Å². The molecule has 34 heavy (non-hydrogen) atoms. The minimum Gasteiger partial charge on any atom is -0.394 e. The van der Waals surface area contributed by atoms with Crippen molar-refractivity contribution < 1.29 is 14.6 Å². The van der Waals surface area contributed by atoms with Gasteiger partial charge in [-0.05, 0) is 55.2 Å². The quantitative estimate of drug-likeness (QED) is 0.533. The number of imidazole rings is 1. The van der Waals surface area contributed by atoms with E-state index in [9.17, 15) is 9.90 Å². The van der Waals surface area contributed by atoms with Crippen LogP contribution in [0.1, 0.15) is 30.2 Å². The van der Waals surface area contributed by atoms with Crippen LogP contribution < -0.4 is 4.90 Å². The molecular formula is C25H32N6O3. The highest BCUT2D eigenvalue weighted by molar-refractivity contribution is 5.97. The lowest BCUT2D eigenvalue weighted by Crippen LogP contribution is -2.48. The third-order valence-corrected chi connectivity index (χ3v) is 8.07. The van der Waals surface area contributed by atoms with Crippen LogP contribution in [0.5, 0.6) is 0 Å². The van der Waals surface area contributed by atoms with E-state index in [2.05, 4.69) is 28.2 Å². The summed E-state index contributed by atoms with van der Waals surface area (Å²) in [5.41, 5.74) is 7.55. The fraction of sp³-hybridized carbons (Fsp3) is 0.560. The maximum Gasteiger partial charge on any atom is 0.240 e. The summed E-state index contributed by atoms with van der Waals surface area (Å²) in [7, 11) is 1.81. The molecule has 3 aliphatic rings. The van der Waals surface area contributed by atoms with Gasteiger partial charge in [-0.15, -0.1) is 0 Å². The number of rotatable bonds is 5. The smallest absolute Gasteiger partial charge is 0.240 e. The number of aliphatic hydroxyl groups excluding tert-OH is 1. The molecule has 180 valence electrons. The van der Waals surface area contributed by atoms with Crippen molar-refractivity contribution in [3.63, 3.8) is 0 Å². The molecule has 1 saturated carbocycles. The molecule has 2 aromatic heterocycles. The number of amides is 1. The van der Waals surface area contributed by atoms with Gasteiger partial charge in [-0.3, -0.25) is 14.8 Å². The third-order valence-electron chi connectivity index (χ3n) is 8.07. The van der Waals surface area contributed by atoms with Crippen molar-refractivity contribution in [3.8, 4) is 11.5 Å². The Balaban J connectivity index is 1.24. The average Bonchev–Trinajstić information content (AvgIpc) is 3.11. The average molecular weight is 465 g/mol. The van der Waals surface area contributed by atoms with Crippen molar-refractivity contribution in [1.29, 1.82) is 0 Å². The molecular weight excluding hydrogens is 432 g/mol. The van der Waals surface area contributed by atoms with Crippen molar-refractivity contribution in [2.75, 3.05) is 44.8 Å². The summed E-state index contributed by atoms with van der Waals surface area (Å²) in [5, 5.41) is 17.2. The fourth-order valence-electron chi connectivity index (χ4n) is 5.75. The highest BCUT2D eigenvalue weighted by Gasteiger charge is 2.53. The number of fused-ring (bicyclic) bond motifs is 3. The fourth-order valence-corrected chi connectivity index (χ4v) is 5.75. The van der Waals surface area contributed by atoms with Crippen LogP contribution in [0.25, 0.3) is 22.6 Å². The van der Waals surface area contributed by atoms with Gasteiger partial charge in [-0.25, -0.2) is 4.98 Å². The van der Waals surface area contributed by atoms with E-state index < -0.39 is 0 Å². The van der Waals surface area contributed by atoms with Gasteiger partial charge in [0.2, 0.25) is 5.91 Å². The molecule has 6 rings (SSSR count). The Kier molecular flexibility index (Phi) is 5.05. The van der Waals surface area contributed by atoms with E-state index in [0.717, 1.165) is 52.6 Å². The van der Waals surface area contributed by atoms with E-state index in [1.807, 2.05) is 24.9 Å². The summed E-state index contributed by atoms with van der Waals surface area (Å²) in [6.07, 6.45) is 3.20. The number of aliphatic hydroxyl groups is 1. The van der Waals surface area contributed by atoms with E-state index in [4.69, 9.17) is 9.72 Å². The van der Waals surface area contributed by atoms with Crippen LogP contribution >= 0.6 is 0 Å². The van der Waals surface area contributed by atoms with Gasteiger partial charge in [-0.2, -0.15) is 5.10 Å². The van der Waals surface area contributed by atoms with Crippen LogP contribution in [0.2, 0.25) is 0 Å². The lowest BCUT2D eigenvalue weighted by molar-refractivity contribution is -0.122. The molecule has 9 nitrogen and oxygen atoms in total. The number of anilines is 1. The summed E-state index contributed by atoms with van der Waals surface area (Å²) >= 11 is 0. The van der Waals surface area contributed by atoms with Crippen LogP contribution in [-0.4, -0.2) is 82.1 Å². The number of nitrogens with zero attached hydrogens (tertiary/aromatic N) is 4. The van der Waals surface area contributed by atoms with Crippen molar-refractivity contribution in [2.24, 2.45) is 11.3 Å². The molecule has 2 fully saturated rings. The van der Waals surface area contributed by atoms with Gasteiger partial charge in [0.05, 0.1) is 36.9 Å². The molecule has 3 heterocycles. The van der Waals surface area contributed by atoms with Gasteiger partial charge >= 0.3 is 0 Å². The number of likely N-dealkylation sites (N-methyl/N-ethyl adjacent to an activating group) is 1. The zero-order chi connectivity index (χ0) is 23.6. The molecule has 1 saturated heterocycles. The monoisotopic (exact) mass is 464 g/mol. The van der Waals surface area contributed by atoms with Gasteiger partial charge in [0, 0.05) is 37.1 Å². The van der Waals surface area contributed by atoms with E-state index in [0.29, 0.717) is 31.7 Å². The molecule has 3 N–H and O–H groups in total. The first-order valence-corrected chi connectivity index (χ1v) is 12.1. The zero-order valence-corrected chi connectivity index (χ0v) is 20.0. The van der Waals surface area contributed by atoms with Crippen LogP contribution in [-0.2, 0) is 22.4 Å². The summed E-state index contributed by atoms with van der Waals surface area (Å²) in [6.45, 7) is 6.42. The first kappa shape index (κ1) is 21.8. The lowest BCUT2D eigenvalue weighted by atomic mass is 9.88. The normalized spacial score (nSPS) is 26.4. The second-order valence-corrected chi connectivity index (χ2v) is 10.6. The number of benzene rings is 1. The summed E-state index contributed by atoms with van der Waals surface area (Å²) < 4.78 is 5.50. The number of morpholine rings is 1. The molecule has 1 aliphatic heterocycles. The predicted molar refractivity (Wildman–Crippen MR) is 129 cm³/mol. The summed E-state index contributed by atoms with van der Waals surface area (Å²) in [4.78, 5) is 25.1. The highest BCUT2D eigenvalue weighted by atomic mass is 16.5. The minimum atomic E-state index is -0.228. The summed E-state index contributed by atoms with van der Waals surface area (Å²) in [5.74, 6) is 1.55. The Morgan fingerprint density at radius 1 is 1.41 bits per heavy atom. The molecule has 3 atom stereocenters. The number of nitrogens with one attached hydrogen (secondary N) is 2. The number of aromatic amines is 2. The van der Waals surface area contributed by atoms with Crippen LogP contribution in [0.4, 0.5) is 5.69 Å². The number of carbonyl (C=O) groups excluding carboxylic acids is 1. The number of hydrogen-bond donors (Lipinski definition) is 3. The van der Waals surface area contributed by atoms with Crippen LogP contribution in [0, 0.1) is 18.3 Å². The SMILES string of the molecule is Cc1cc2[nH]c(-c3n[nH]c4c3C[C@@H]3C[C@]3(C)C4)nc2cc1N(C)C(=O)CN1CCO[C@H](CO)C1. The second kappa shape index (κ2) is 7.90. The van der Waals surface area contributed by atoms with Crippen molar-refractivity contribution >= 4 is 22.6 Å². The Morgan fingerprint density at radius 2 is 2.26 bits per heavy atom. The number of carbonyl (C=O) groups is 1. The van der Waals surface area contributed by atoms with Crippen molar-refractivity contribution in [3.05, 3.63) is 29.0 Å². The van der Waals surface area contributed by atoms with Crippen LogP contribution in [0.3, 0.4) is 0 Å². The lowest BCUT2D eigenvalue weighted by Gasteiger charge is -2.32. The number of H-pyrrole nitrogens is 2. The maximum atomic E-state index is 13.0. The predicted octanol–water partition coefficient (Wildman–Crippen LogP) is 2.04. The van der Waals surface area contributed by atoms with Gasteiger partial charge in [0.15, 0.2) is 5.82 Å². The molecule has 1 amide bonds. The van der Waals surface area contributed by atoms with Gasteiger partial charge in [0.1, 0.15) is 5.69 Å². The number of aryl methyl sites for hydroxylation is 1. The van der Waals surface area contributed by atoms with E-state index in [1.54, 1.807) is 4.90 Å². The van der Waals surface area contributed by atoms with Gasteiger partial charge < -0.3 is 19.7 Å². The Hall–Kier alpha value is -2.75. The molecule has 0 radical (unpaired) electrons. The first-order valence-electron chi connectivity index (χ1n) is 12.1. The Bertz CT molecular complexity index is 1270. The van der Waals surface area contributed by atoms with E-state index in [1.165, 1.54) is 17.7 Å². The molecule has 9 heteroatoms. The summed E-state index contributed by atoms with van der Waals surface area (Å²) in [6, 6.07) is 4.04. The standard InChI is InChI=1S/C25H32N6O3/c1-14-6-18-19(8-21(14)30(3)22(33)12-31-4-5-34-16(11-31)13-32)27-24(26-18)23-17-7-15-9-25(15,2)10-20(17)28-29-23/h6,8,15-16,32H,4-5,7,9-13H2,1-3H3,(H,26,27)(H,28,29)/t15-,16+,25-/m1/s1. The highest BCUT2D eigenvalue weighted by Crippen LogP contribution is 2.59. The van der Waals surface area contributed by atoms with Crippen LogP contribution in [0.15, 0.2) is 12.1 Å². The van der Waals surface area contributed by atoms with E-state index in [-0.39, 0.29) is 18.6 Å². The second-order valence-electron chi connectivity index (χ2n) is 10.6. The molecule has 0 unspecified atom stereocenters. The first-order chi connectivity index (χ1) is 16.3. The Morgan fingerprint density at radius 3 is 3.09 bits per heavy atom. The topological polar surface area (TPSA) is 110 Å². The molecule has 0 bridgehead atoms.